The van der Waals surface area contributed by atoms with Gasteiger partial charge < -0.3 is 9.67 Å². The molecule has 0 aliphatic rings. The number of aromatic nitrogens is 5. The van der Waals surface area contributed by atoms with Crippen molar-refractivity contribution in [3.05, 3.63) is 87.7 Å². The number of nitrogens with zero attached hydrogens (tertiary/aromatic N) is 4. The van der Waals surface area contributed by atoms with Crippen molar-refractivity contribution >= 4 is 28.2 Å². The van der Waals surface area contributed by atoms with Crippen LogP contribution in [0.3, 0.4) is 0 Å². The van der Waals surface area contributed by atoms with Crippen LogP contribution in [0, 0.1) is 0 Å². The highest BCUT2D eigenvalue weighted by Gasteiger charge is 2.32. The minimum absolute atomic E-state index is 0.296. The third-order valence-electron chi connectivity index (χ3n) is 5.91. The maximum absolute atomic E-state index is 12.7. The van der Waals surface area contributed by atoms with E-state index in [9.17, 15) is 9.90 Å². The number of benzene rings is 2. The van der Waals surface area contributed by atoms with E-state index in [0.717, 1.165) is 52.0 Å². The Bertz CT molecular complexity index is 1390. The lowest BCUT2D eigenvalue weighted by molar-refractivity contribution is 0.0697. The monoisotopic (exact) mass is 457 g/mol. The van der Waals surface area contributed by atoms with Gasteiger partial charge in [-0.05, 0) is 34.7 Å². The number of fused-ring (bicyclic) bond motifs is 1. The highest BCUT2D eigenvalue weighted by molar-refractivity contribution is 7.10. The van der Waals surface area contributed by atoms with Crippen LogP contribution in [0.1, 0.15) is 52.2 Å². The lowest BCUT2D eigenvalue weighted by Crippen LogP contribution is -2.15. The molecule has 7 nitrogen and oxygen atoms in total. The average Bonchev–Trinajstić information content (AvgIpc) is 3.58. The Morgan fingerprint density at radius 1 is 1.12 bits per heavy atom. The van der Waals surface area contributed by atoms with Gasteiger partial charge in [-0.25, -0.2) is 4.79 Å². The number of tetrazole rings is 1. The van der Waals surface area contributed by atoms with Gasteiger partial charge in [0.05, 0.1) is 11.5 Å². The summed E-state index contributed by atoms with van der Waals surface area (Å²) in [6, 6.07) is 19.8. The first-order valence-corrected chi connectivity index (χ1v) is 11.8. The number of thiophene rings is 1. The second kappa shape index (κ2) is 8.99. The van der Waals surface area contributed by atoms with Gasteiger partial charge >= 0.3 is 5.97 Å². The number of aryl methyl sites for hydroxylation is 1. The summed E-state index contributed by atoms with van der Waals surface area (Å²) >= 11 is 1.58. The van der Waals surface area contributed by atoms with Crippen molar-refractivity contribution in [3.63, 3.8) is 0 Å². The van der Waals surface area contributed by atoms with E-state index in [1.165, 1.54) is 0 Å². The van der Waals surface area contributed by atoms with E-state index in [0.29, 0.717) is 11.4 Å². The van der Waals surface area contributed by atoms with Gasteiger partial charge in [-0.1, -0.05) is 61.9 Å². The van der Waals surface area contributed by atoms with Gasteiger partial charge in [-0.2, -0.15) is 5.21 Å². The van der Waals surface area contributed by atoms with Gasteiger partial charge in [0.2, 0.25) is 5.82 Å². The molecule has 0 spiro atoms. The number of carboxylic acid groups (broad SMARTS) is 1. The lowest BCUT2D eigenvalue weighted by Gasteiger charge is -2.22. The number of para-hydroxylation sites is 1. The Kier molecular flexibility index (Phi) is 5.75. The molecule has 1 atom stereocenters. The van der Waals surface area contributed by atoms with Gasteiger partial charge in [-0.3, -0.25) is 0 Å². The van der Waals surface area contributed by atoms with Crippen molar-refractivity contribution in [1.82, 2.24) is 25.2 Å². The fourth-order valence-electron chi connectivity index (χ4n) is 4.49. The Morgan fingerprint density at radius 2 is 1.91 bits per heavy atom. The van der Waals surface area contributed by atoms with Crippen molar-refractivity contribution < 1.29 is 9.90 Å². The molecule has 5 aromatic rings. The van der Waals surface area contributed by atoms with Crippen LogP contribution < -0.4 is 0 Å². The third-order valence-corrected chi connectivity index (χ3v) is 6.89. The van der Waals surface area contributed by atoms with Crippen LogP contribution in [-0.4, -0.2) is 36.3 Å². The van der Waals surface area contributed by atoms with Crippen LogP contribution in [0.15, 0.2) is 66.0 Å². The second-order valence-electron chi connectivity index (χ2n) is 7.87. The predicted octanol–water partition coefficient (Wildman–Crippen LogP) is 5.56. The Balaban J connectivity index is 1.85. The molecule has 166 valence electrons. The first-order chi connectivity index (χ1) is 16.2. The number of H-pyrrole nitrogens is 1. The summed E-state index contributed by atoms with van der Waals surface area (Å²) in [5.41, 5.74) is 3.95. The largest absolute Gasteiger partial charge is 0.478 e. The number of rotatable bonds is 8. The van der Waals surface area contributed by atoms with Gasteiger partial charge in [-0.15, -0.1) is 21.5 Å². The maximum Gasteiger partial charge on any atom is 0.338 e. The summed E-state index contributed by atoms with van der Waals surface area (Å²) in [6.07, 6.45) is 1.96. The van der Waals surface area contributed by atoms with Gasteiger partial charge in [0.1, 0.15) is 0 Å². The van der Waals surface area contributed by atoms with E-state index < -0.39 is 5.97 Å². The number of hydrogen-bond donors (Lipinski definition) is 2. The third kappa shape index (κ3) is 3.72. The number of nitrogens with one attached hydrogen (secondary N) is 1. The molecule has 5 rings (SSSR count). The van der Waals surface area contributed by atoms with E-state index in [-0.39, 0.29) is 5.92 Å². The molecular formula is C25H23N5O2S. The Hall–Kier alpha value is -3.78. The molecule has 0 aliphatic heterocycles. The highest BCUT2D eigenvalue weighted by atomic mass is 32.1. The van der Waals surface area contributed by atoms with E-state index in [4.69, 9.17) is 0 Å². The Morgan fingerprint density at radius 3 is 2.64 bits per heavy atom. The van der Waals surface area contributed by atoms with Crippen LogP contribution >= 0.6 is 11.3 Å². The highest BCUT2D eigenvalue weighted by Crippen LogP contribution is 2.44. The van der Waals surface area contributed by atoms with Crippen molar-refractivity contribution in [2.24, 2.45) is 0 Å². The molecule has 3 aromatic heterocycles. The molecule has 0 saturated heterocycles. The Labute approximate surface area is 194 Å². The summed E-state index contributed by atoms with van der Waals surface area (Å²) in [4.78, 5) is 13.7. The molecule has 0 bridgehead atoms. The molecular weight excluding hydrogens is 434 g/mol. The first kappa shape index (κ1) is 21.1. The number of aromatic amines is 1. The fourth-order valence-corrected chi connectivity index (χ4v) is 5.51. The number of unbranched alkanes of at least 4 members (excludes halogenated alkanes) is 1. The van der Waals surface area contributed by atoms with Crippen molar-refractivity contribution in [3.8, 4) is 11.4 Å². The summed E-state index contributed by atoms with van der Waals surface area (Å²) in [6.45, 7) is 2.89. The molecule has 0 aliphatic carbocycles. The normalized spacial score (nSPS) is 12.3. The smallest absolute Gasteiger partial charge is 0.338 e. The zero-order valence-electron chi connectivity index (χ0n) is 18.1. The van der Waals surface area contributed by atoms with Crippen LogP contribution in [0.4, 0.5) is 0 Å². The number of carboxylic acids is 1. The number of hydrogen-bond acceptors (Lipinski definition) is 5. The van der Waals surface area contributed by atoms with Crippen molar-refractivity contribution in [2.45, 2.75) is 32.2 Å². The standard InChI is InChI=1S/C25H23N5O2S/c1-2-3-14-30-19-12-8-7-11-17(19)21(25(31)32)22(30)20(16-9-5-4-6-10-16)23-18(13-15-33-23)24-26-28-29-27-24/h4-13,15,20H,2-3,14H2,1H3,(H,31,32)(H,26,27,28,29). The van der Waals surface area contributed by atoms with Crippen LogP contribution in [-0.2, 0) is 6.54 Å². The van der Waals surface area contributed by atoms with E-state index in [2.05, 4.69) is 44.2 Å². The minimum atomic E-state index is -0.921. The van der Waals surface area contributed by atoms with Crippen LogP contribution in [0.2, 0.25) is 0 Å². The zero-order valence-corrected chi connectivity index (χ0v) is 18.9. The molecule has 8 heteroatoms. The van der Waals surface area contributed by atoms with Gasteiger partial charge in [0.25, 0.3) is 0 Å². The molecule has 3 heterocycles. The number of carbonyl (C=O) groups is 1. The number of aromatic carboxylic acids is 1. The van der Waals surface area contributed by atoms with Crippen LogP contribution in [0.25, 0.3) is 22.3 Å². The SMILES string of the molecule is CCCCn1c(C(c2ccccc2)c2sccc2-c2nn[nH]n2)c(C(=O)O)c2ccccc21. The molecule has 2 aromatic carbocycles. The zero-order chi connectivity index (χ0) is 22.8. The van der Waals surface area contributed by atoms with Crippen molar-refractivity contribution in [1.29, 1.82) is 0 Å². The summed E-state index contributed by atoms with van der Waals surface area (Å²) < 4.78 is 2.19. The van der Waals surface area contributed by atoms with E-state index in [1.807, 2.05) is 53.9 Å². The molecule has 0 saturated carbocycles. The molecule has 0 amide bonds. The summed E-state index contributed by atoms with van der Waals surface area (Å²) in [5, 5.41) is 27.8. The topological polar surface area (TPSA) is 96.7 Å². The maximum atomic E-state index is 12.7. The quantitative estimate of drug-likeness (QED) is 0.318. The molecule has 0 fully saturated rings. The molecule has 1 unspecified atom stereocenters. The lowest BCUT2D eigenvalue weighted by atomic mass is 9.89. The van der Waals surface area contributed by atoms with Crippen LogP contribution in [0.5, 0.6) is 0 Å². The molecule has 33 heavy (non-hydrogen) atoms. The van der Waals surface area contributed by atoms with Gasteiger partial charge in [0, 0.05) is 33.6 Å². The fraction of sp³-hybridized carbons (Fsp3) is 0.200. The van der Waals surface area contributed by atoms with E-state index in [1.54, 1.807) is 11.3 Å². The predicted molar refractivity (Wildman–Crippen MR) is 129 cm³/mol. The molecule has 0 radical (unpaired) electrons. The van der Waals surface area contributed by atoms with Gasteiger partial charge in [0.15, 0.2) is 0 Å². The second-order valence-corrected chi connectivity index (χ2v) is 8.81. The minimum Gasteiger partial charge on any atom is -0.478 e. The van der Waals surface area contributed by atoms with E-state index >= 15 is 0 Å². The first-order valence-electron chi connectivity index (χ1n) is 10.9. The average molecular weight is 458 g/mol. The van der Waals surface area contributed by atoms with Crippen molar-refractivity contribution in [2.75, 3.05) is 0 Å². The summed E-state index contributed by atoms with van der Waals surface area (Å²) in [7, 11) is 0. The molecule has 2 N–H and O–H groups in total. The summed E-state index contributed by atoms with van der Waals surface area (Å²) in [5.74, 6) is -0.717.